The highest BCUT2D eigenvalue weighted by Crippen LogP contribution is 2.18. The second-order valence-electron chi connectivity index (χ2n) is 5.64. The number of methoxy groups -OCH3 is 1. The number of hydrogen-bond acceptors (Lipinski definition) is 9. The van der Waals surface area contributed by atoms with Crippen molar-refractivity contribution in [1.82, 2.24) is 19.7 Å². The van der Waals surface area contributed by atoms with E-state index in [1.165, 1.54) is 7.11 Å². The number of rotatable bonds is 9. The number of carbonyl (C=O) groups is 2. The number of hydrogen-bond donors (Lipinski definition) is 3. The fraction of sp³-hybridized carbons (Fsp3) is 0.389. The first kappa shape index (κ1) is 22.2. The van der Waals surface area contributed by atoms with Crippen LogP contribution in [0.15, 0.2) is 29.4 Å². The molecule has 11 heteroatoms. The third-order valence-corrected chi connectivity index (χ3v) is 4.45. The number of nitrogens with zero attached hydrogens (tertiary/aromatic N) is 4. The molecule has 1 aromatic carbocycles. The van der Waals surface area contributed by atoms with Crippen molar-refractivity contribution < 1.29 is 14.3 Å². The Hall–Kier alpha value is -3.08. The molecule has 2 aromatic rings. The summed E-state index contributed by atoms with van der Waals surface area (Å²) in [5, 5.41) is 6.03. The van der Waals surface area contributed by atoms with Gasteiger partial charge in [0.2, 0.25) is 17.1 Å². The Labute approximate surface area is 174 Å². The predicted octanol–water partition coefficient (Wildman–Crippen LogP) is 2.77. The molecule has 0 aliphatic heterocycles. The molecule has 3 N–H and O–H groups in total. The quantitative estimate of drug-likeness (QED) is 0.416. The van der Waals surface area contributed by atoms with Crippen LogP contribution in [0.25, 0.3) is 0 Å². The minimum Gasteiger partial charge on any atom is -0.465 e. The minimum absolute atomic E-state index is 0.258. The van der Waals surface area contributed by atoms with Crippen LogP contribution in [0.4, 0.5) is 22.4 Å². The average molecular weight is 420 g/mol. The molecule has 0 fully saturated rings. The highest BCUT2D eigenvalue weighted by molar-refractivity contribution is 7.97. The number of amides is 2. The lowest BCUT2D eigenvalue weighted by atomic mass is 10.2. The fourth-order valence-corrected chi connectivity index (χ4v) is 2.89. The number of esters is 1. The number of carbonyl (C=O) groups excluding carboxylic acids is 2. The van der Waals surface area contributed by atoms with E-state index >= 15 is 0 Å². The first-order valence-electron chi connectivity index (χ1n) is 9.18. The van der Waals surface area contributed by atoms with Gasteiger partial charge < -0.3 is 20.3 Å². The SMILES string of the molecule is CCNc1nc(SNC(=O)Nc2ccccc2C(=O)OC)nc(N(CC)CC)n1. The van der Waals surface area contributed by atoms with Gasteiger partial charge in [-0.25, -0.2) is 9.59 Å². The molecule has 0 bridgehead atoms. The van der Waals surface area contributed by atoms with Gasteiger partial charge in [-0.2, -0.15) is 15.0 Å². The zero-order chi connectivity index (χ0) is 21.2. The fourth-order valence-electron chi connectivity index (χ4n) is 2.40. The molecule has 1 aromatic heterocycles. The summed E-state index contributed by atoms with van der Waals surface area (Å²) >= 11 is 0.953. The Bertz CT molecular complexity index is 846. The minimum atomic E-state index is -0.537. The van der Waals surface area contributed by atoms with Crippen molar-refractivity contribution >= 4 is 41.5 Å². The topological polar surface area (TPSA) is 121 Å². The number of nitrogens with one attached hydrogen (secondary N) is 3. The van der Waals surface area contributed by atoms with Crippen molar-refractivity contribution in [2.75, 3.05) is 42.3 Å². The summed E-state index contributed by atoms with van der Waals surface area (Å²) in [6.07, 6.45) is 0. The molecule has 0 spiro atoms. The van der Waals surface area contributed by atoms with Gasteiger partial charge in [0.05, 0.1) is 18.4 Å². The first-order chi connectivity index (χ1) is 14.0. The van der Waals surface area contributed by atoms with E-state index in [2.05, 4.69) is 30.3 Å². The van der Waals surface area contributed by atoms with Crippen molar-refractivity contribution in [2.45, 2.75) is 25.9 Å². The van der Waals surface area contributed by atoms with Crippen molar-refractivity contribution in [1.29, 1.82) is 0 Å². The molecule has 2 rings (SSSR count). The van der Waals surface area contributed by atoms with Crippen molar-refractivity contribution in [2.24, 2.45) is 0 Å². The maximum atomic E-state index is 12.3. The maximum absolute atomic E-state index is 12.3. The molecule has 0 saturated carbocycles. The van der Waals surface area contributed by atoms with Gasteiger partial charge in [0.25, 0.3) is 0 Å². The molecule has 0 radical (unpaired) electrons. The average Bonchev–Trinajstić information content (AvgIpc) is 2.73. The van der Waals surface area contributed by atoms with Crippen molar-refractivity contribution in [3.05, 3.63) is 29.8 Å². The molecule has 0 aliphatic rings. The standard InChI is InChI=1S/C18H25N7O3S/c1-5-19-15-21-16(25(6-2)7-3)23-18(22-15)29-24-17(27)20-13-11-9-8-10-12(13)14(26)28-4/h8-11H,5-7H2,1-4H3,(H2,20,24,27)(H,19,21,22,23). The molecule has 10 nitrogen and oxygen atoms in total. The summed E-state index contributed by atoms with van der Waals surface area (Å²) in [5.41, 5.74) is 0.596. The first-order valence-corrected chi connectivity index (χ1v) is 10.00. The molecule has 1 heterocycles. The molecule has 2 amide bonds. The van der Waals surface area contributed by atoms with E-state index < -0.39 is 12.0 Å². The van der Waals surface area contributed by atoms with Crippen LogP contribution in [0.5, 0.6) is 0 Å². The Balaban J connectivity index is 2.11. The van der Waals surface area contributed by atoms with E-state index in [0.717, 1.165) is 25.0 Å². The monoisotopic (exact) mass is 419 g/mol. The van der Waals surface area contributed by atoms with Crippen LogP contribution in [0.3, 0.4) is 0 Å². The Morgan fingerprint density at radius 2 is 1.83 bits per heavy atom. The van der Waals surface area contributed by atoms with Gasteiger partial charge in [0, 0.05) is 31.6 Å². The number of urea groups is 1. The van der Waals surface area contributed by atoms with Gasteiger partial charge in [-0.1, -0.05) is 12.1 Å². The van der Waals surface area contributed by atoms with Crippen molar-refractivity contribution in [3.63, 3.8) is 0 Å². The van der Waals surface area contributed by atoms with Crippen LogP contribution >= 0.6 is 11.9 Å². The second kappa shape index (κ2) is 11.1. The lowest BCUT2D eigenvalue weighted by Crippen LogP contribution is -2.26. The van der Waals surface area contributed by atoms with Crippen molar-refractivity contribution in [3.8, 4) is 0 Å². The number of para-hydroxylation sites is 1. The zero-order valence-electron chi connectivity index (χ0n) is 16.9. The van der Waals surface area contributed by atoms with E-state index in [1.54, 1.807) is 24.3 Å². The second-order valence-corrected chi connectivity index (χ2v) is 6.41. The van der Waals surface area contributed by atoms with Crippen LogP contribution in [0, 0.1) is 0 Å². The molecule has 0 aliphatic carbocycles. The summed E-state index contributed by atoms with van der Waals surface area (Å²) in [5.74, 6) is 0.428. The predicted molar refractivity (Wildman–Crippen MR) is 113 cm³/mol. The highest BCUT2D eigenvalue weighted by Gasteiger charge is 2.15. The van der Waals surface area contributed by atoms with Crippen LogP contribution in [-0.4, -0.2) is 53.7 Å². The number of anilines is 3. The van der Waals surface area contributed by atoms with Gasteiger partial charge in [-0.05, 0) is 32.9 Å². The largest absolute Gasteiger partial charge is 0.465 e. The normalized spacial score (nSPS) is 10.2. The molecule has 0 atom stereocenters. The smallest absolute Gasteiger partial charge is 0.339 e. The van der Waals surface area contributed by atoms with Gasteiger partial charge in [-0.3, -0.25) is 4.72 Å². The molecule has 0 saturated heterocycles. The lowest BCUT2D eigenvalue weighted by molar-refractivity contribution is 0.0602. The molecule has 29 heavy (non-hydrogen) atoms. The highest BCUT2D eigenvalue weighted by atomic mass is 32.2. The summed E-state index contributed by atoms with van der Waals surface area (Å²) in [6.45, 7) is 8.11. The van der Waals surface area contributed by atoms with Crippen LogP contribution in [0.2, 0.25) is 0 Å². The molecular weight excluding hydrogens is 394 g/mol. The molecular formula is C18H25N7O3S. The third kappa shape index (κ3) is 6.21. The number of benzene rings is 1. The van der Waals surface area contributed by atoms with Gasteiger partial charge in [-0.15, -0.1) is 0 Å². The summed E-state index contributed by atoms with van der Waals surface area (Å²) < 4.78 is 7.34. The van der Waals surface area contributed by atoms with Gasteiger partial charge >= 0.3 is 12.0 Å². The van der Waals surface area contributed by atoms with E-state index in [0.29, 0.717) is 29.3 Å². The van der Waals surface area contributed by atoms with Crippen LogP contribution in [-0.2, 0) is 4.74 Å². The van der Waals surface area contributed by atoms with Gasteiger partial charge in [0.15, 0.2) is 0 Å². The van der Waals surface area contributed by atoms with Crippen LogP contribution < -0.4 is 20.3 Å². The Morgan fingerprint density at radius 3 is 2.48 bits per heavy atom. The van der Waals surface area contributed by atoms with E-state index in [9.17, 15) is 9.59 Å². The maximum Gasteiger partial charge on any atom is 0.339 e. The lowest BCUT2D eigenvalue weighted by Gasteiger charge is -2.19. The summed E-state index contributed by atoms with van der Waals surface area (Å²) in [7, 11) is 1.28. The molecule has 0 unspecified atom stereocenters. The Kier molecular flexibility index (Phi) is 8.46. The molecule has 156 valence electrons. The van der Waals surface area contributed by atoms with E-state index in [-0.39, 0.29) is 5.56 Å². The number of aromatic nitrogens is 3. The van der Waals surface area contributed by atoms with E-state index in [1.807, 2.05) is 25.7 Å². The summed E-state index contributed by atoms with van der Waals surface area (Å²) in [4.78, 5) is 39.2. The third-order valence-electron chi connectivity index (χ3n) is 3.80. The van der Waals surface area contributed by atoms with Crippen LogP contribution in [0.1, 0.15) is 31.1 Å². The van der Waals surface area contributed by atoms with E-state index in [4.69, 9.17) is 4.74 Å². The zero-order valence-corrected chi connectivity index (χ0v) is 17.7. The Morgan fingerprint density at radius 1 is 1.10 bits per heavy atom. The number of ether oxygens (including phenoxy) is 1. The van der Waals surface area contributed by atoms with Gasteiger partial charge in [0.1, 0.15) is 0 Å². The summed E-state index contributed by atoms with van der Waals surface area (Å²) in [6, 6.07) is 6.05.